The van der Waals surface area contributed by atoms with E-state index in [4.69, 9.17) is 26.3 Å². The minimum Gasteiger partial charge on any atom is -0.443 e. The maximum absolute atomic E-state index is 13.1. The van der Waals surface area contributed by atoms with Gasteiger partial charge < -0.3 is 14.5 Å². The number of carbonyl (C=O) groups is 1. The minimum atomic E-state index is -0.731. The van der Waals surface area contributed by atoms with Crippen molar-refractivity contribution < 1.29 is 18.5 Å². The Morgan fingerprint density at radius 2 is 1.88 bits per heavy atom. The van der Waals surface area contributed by atoms with Gasteiger partial charge in [-0.3, -0.25) is 14.6 Å². The number of aromatic nitrogens is 2. The zero-order valence-corrected chi connectivity index (χ0v) is 29.1. The number of ether oxygens (including phenoxy) is 1. The largest absolute Gasteiger partial charge is 0.443 e. The SMILES string of the molecule is C[N+](=CC1CCN(C(=O)/C=C/CN2CC(F)C2)C1)c1nc(OCC23CCCN2CCC3)nc2c1CCN(c1cccc3cccc(Cl)c13)C2. The van der Waals surface area contributed by atoms with E-state index in [1.54, 1.807) is 6.08 Å². The molecule has 1 aromatic heterocycles. The van der Waals surface area contributed by atoms with Crippen molar-refractivity contribution in [2.45, 2.75) is 56.8 Å². The van der Waals surface area contributed by atoms with Gasteiger partial charge in [-0.25, -0.2) is 8.97 Å². The number of likely N-dealkylation sites (tertiary alicyclic amines) is 2. The zero-order valence-electron chi connectivity index (χ0n) is 28.4. The van der Waals surface area contributed by atoms with Crippen molar-refractivity contribution in [3.05, 3.63) is 64.8 Å². The van der Waals surface area contributed by atoms with Crippen molar-refractivity contribution in [1.82, 2.24) is 24.7 Å². The molecule has 5 aliphatic rings. The van der Waals surface area contributed by atoms with Crippen LogP contribution in [0.1, 0.15) is 43.4 Å². The number of alkyl halides is 1. The summed E-state index contributed by atoms with van der Waals surface area (Å²) in [6, 6.07) is 12.9. The van der Waals surface area contributed by atoms with Crippen LogP contribution in [0, 0.1) is 5.92 Å². The van der Waals surface area contributed by atoms with Gasteiger partial charge in [-0.1, -0.05) is 41.9 Å². The average molecular weight is 687 g/mol. The number of amides is 1. The molecular weight excluding hydrogens is 641 g/mol. The van der Waals surface area contributed by atoms with Gasteiger partial charge in [0.2, 0.25) is 5.91 Å². The van der Waals surface area contributed by atoms with E-state index in [-0.39, 0.29) is 17.4 Å². The van der Waals surface area contributed by atoms with E-state index in [0.717, 1.165) is 83.9 Å². The standard InChI is InChI=1S/C38H46ClFN7O2/c1-43(21-27-12-19-46(22-27)34(48)11-4-16-44-23-29(40)24-44)36-30-13-20-45(33-10-3-8-28-7-2-9-31(39)35(28)33)25-32(30)41-37(42-36)49-26-38-14-5-17-47(38)18-6-15-38/h2-4,7-11,21,27,29H,5-6,12-20,22-26H2,1H3/q+1/b11-4+,43-21?. The first-order valence-electron chi connectivity index (χ1n) is 17.9. The van der Waals surface area contributed by atoms with Gasteiger partial charge >= 0.3 is 11.8 Å². The van der Waals surface area contributed by atoms with Gasteiger partial charge in [0, 0.05) is 73.7 Å². The van der Waals surface area contributed by atoms with Crippen molar-refractivity contribution >= 4 is 46.0 Å². The molecule has 9 nitrogen and oxygen atoms in total. The second-order valence-electron chi connectivity index (χ2n) is 14.6. The van der Waals surface area contributed by atoms with Crippen molar-refractivity contribution in [3.63, 3.8) is 0 Å². The molecule has 2 aromatic carbocycles. The highest BCUT2D eigenvalue weighted by Gasteiger charge is 2.45. The zero-order chi connectivity index (χ0) is 33.5. The number of nitrogens with zero attached hydrogens (tertiary/aromatic N) is 7. The van der Waals surface area contributed by atoms with E-state index in [1.807, 2.05) is 28.0 Å². The molecule has 0 radical (unpaired) electrons. The fraction of sp³-hybridized carbons (Fsp3) is 0.526. The second kappa shape index (κ2) is 13.6. The highest BCUT2D eigenvalue weighted by molar-refractivity contribution is 6.36. The third kappa shape index (κ3) is 6.55. The normalized spacial score (nSPS) is 23.0. The fourth-order valence-corrected chi connectivity index (χ4v) is 8.99. The number of halogens is 2. The van der Waals surface area contributed by atoms with E-state index in [9.17, 15) is 9.18 Å². The predicted molar refractivity (Wildman–Crippen MR) is 191 cm³/mol. The Kier molecular flexibility index (Phi) is 9.05. The molecule has 8 rings (SSSR count). The molecule has 0 spiro atoms. The molecule has 0 saturated carbocycles. The van der Waals surface area contributed by atoms with Gasteiger partial charge in [-0.15, -0.1) is 0 Å². The molecule has 3 aromatic rings. The summed E-state index contributed by atoms with van der Waals surface area (Å²) in [5.41, 5.74) is 3.34. The highest BCUT2D eigenvalue weighted by atomic mass is 35.5. The summed E-state index contributed by atoms with van der Waals surface area (Å²) in [6.07, 6.45) is 11.4. The van der Waals surface area contributed by atoms with Gasteiger partial charge in [-0.2, -0.15) is 4.98 Å². The van der Waals surface area contributed by atoms with Crippen molar-refractivity contribution in [2.75, 3.05) is 70.9 Å². The van der Waals surface area contributed by atoms with Gasteiger partial charge in [0.15, 0.2) is 0 Å². The number of fused-ring (bicyclic) bond motifs is 3. The number of hydrogen-bond acceptors (Lipinski definition) is 7. The van der Waals surface area contributed by atoms with Crippen LogP contribution in [0.5, 0.6) is 6.01 Å². The van der Waals surface area contributed by atoms with Gasteiger partial charge in [0.1, 0.15) is 12.8 Å². The third-order valence-electron chi connectivity index (χ3n) is 11.3. The molecule has 1 unspecified atom stereocenters. The maximum Gasteiger partial charge on any atom is 0.434 e. The predicted octanol–water partition coefficient (Wildman–Crippen LogP) is 5.26. The lowest BCUT2D eigenvalue weighted by Crippen LogP contribution is -2.48. The van der Waals surface area contributed by atoms with Crippen LogP contribution in [0.25, 0.3) is 10.8 Å². The smallest absolute Gasteiger partial charge is 0.434 e. The monoisotopic (exact) mass is 686 g/mol. The number of rotatable bonds is 9. The molecule has 5 aliphatic heterocycles. The molecule has 11 heteroatoms. The van der Waals surface area contributed by atoms with Crippen LogP contribution >= 0.6 is 11.6 Å². The third-order valence-corrected chi connectivity index (χ3v) is 11.6. The quantitative estimate of drug-likeness (QED) is 0.173. The summed E-state index contributed by atoms with van der Waals surface area (Å²) in [6.45, 7) is 7.27. The summed E-state index contributed by atoms with van der Waals surface area (Å²) in [7, 11) is 2.06. The van der Waals surface area contributed by atoms with E-state index >= 15 is 0 Å². The summed E-state index contributed by atoms with van der Waals surface area (Å²) in [5.74, 6) is 1.11. The molecule has 49 heavy (non-hydrogen) atoms. The van der Waals surface area contributed by atoms with Crippen molar-refractivity contribution in [1.29, 1.82) is 0 Å². The van der Waals surface area contributed by atoms with Crippen LogP contribution < -0.4 is 9.64 Å². The number of benzene rings is 2. The second-order valence-corrected chi connectivity index (χ2v) is 15.0. The lowest BCUT2D eigenvalue weighted by molar-refractivity contribution is -0.407. The van der Waals surface area contributed by atoms with Crippen LogP contribution in [0.15, 0.2) is 48.6 Å². The van der Waals surface area contributed by atoms with Crippen LogP contribution in [-0.4, -0.2) is 119 Å². The lowest BCUT2D eigenvalue weighted by Gasteiger charge is -2.33. The molecule has 258 valence electrons. The Morgan fingerprint density at radius 3 is 2.67 bits per heavy atom. The average Bonchev–Trinajstić information content (AvgIpc) is 3.82. The Bertz CT molecular complexity index is 1780. The molecule has 4 saturated heterocycles. The van der Waals surface area contributed by atoms with E-state index in [2.05, 4.69) is 51.9 Å². The number of carbonyl (C=O) groups excluding carboxylic acids is 1. The molecule has 1 atom stereocenters. The van der Waals surface area contributed by atoms with E-state index in [0.29, 0.717) is 51.9 Å². The van der Waals surface area contributed by atoms with E-state index < -0.39 is 6.17 Å². The molecule has 1 amide bonds. The first-order chi connectivity index (χ1) is 23.8. The Morgan fingerprint density at radius 1 is 1.08 bits per heavy atom. The lowest BCUT2D eigenvalue weighted by atomic mass is 9.95. The van der Waals surface area contributed by atoms with Gasteiger partial charge in [0.25, 0.3) is 0 Å². The van der Waals surface area contributed by atoms with Crippen LogP contribution in [0.2, 0.25) is 5.02 Å². The molecule has 0 N–H and O–H groups in total. The Hall–Kier alpha value is -3.60. The van der Waals surface area contributed by atoms with Gasteiger partial charge in [-0.05, 0) is 62.7 Å². The summed E-state index contributed by atoms with van der Waals surface area (Å²) >= 11 is 6.75. The Labute approximate surface area is 293 Å². The molecule has 6 heterocycles. The Balaban J connectivity index is 1.04. The minimum absolute atomic E-state index is 0.0202. The number of anilines is 1. The maximum atomic E-state index is 13.1. The van der Waals surface area contributed by atoms with Crippen LogP contribution in [0.4, 0.5) is 15.9 Å². The first-order valence-corrected chi connectivity index (χ1v) is 18.3. The fourth-order valence-electron chi connectivity index (χ4n) is 8.71. The molecule has 0 aliphatic carbocycles. The molecular formula is C38H46ClFN7O2+. The summed E-state index contributed by atoms with van der Waals surface area (Å²) in [4.78, 5) is 31.9. The van der Waals surface area contributed by atoms with Crippen molar-refractivity contribution in [2.24, 2.45) is 5.92 Å². The van der Waals surface area contributed by atoms with Gasteiger partial charge in [0.05, 0.1) is 41.6 Å². The van der Waals surface area contributed by atoms with Crippen molar-refractivity contribution in [3.8, 4) is 6.01 Å². The highest BCUT2D eigenvalue weighted by Crippen LogP contribution is 2.40. The summed E-state index contributed by atoms with van der Waals surface area (Å²) < 4.78 is 21.8. The van der Waals surface area contributed by atoms with Crippen LogP contribution in [0.3, 0.4) is 0 Å². The van der Waals surface area contributed by atoms with Crippen LogP contribution in [-0.2, 0) is 17.8 Å². The molecule has 0 bridgehead atoms. The molecule has 4 fully saturated rings. The number of hydrogen-bond donors (Lipinski definition) is 0. The van der Waals surface area contributed by atoms with E-state index in [1.165, 1.54) is 12.8 Å². The summed E-state index contributed by atoms with van der Waals surface area (Å²) in [5, 5.41) is 2.94. The first kappa shape index (κ1) is 32.6. The topological polar surface area (TPSA) is 68.0 Å².